The summed E-state index contributed by atoms with van der Waals surface area (Å²) in [6.45, 7) is 1.61. The first-order chi connectivity index (χ1) is 10.3. The molecule has 0 unspecified atom stereocenters. The van der Waals surface area contributed by atoms with Gasteiger partial charge >= 0.3 is 6.18 Å². The molecule has 0 saturated carbocycles. The Kier molecular flexibility index (Phi) is 4.49. The third kappa shape index (κ3) is 3.63. The lowest BCUT2D eigenvalue weighted by Gasteiger charge is -2.17. The molecule has 0 aliphatic heterocycles. The quantitative estimate of drug-likeness (QED) is 0.840. The van der Waals surface area contributed by atoms with Gasteiger partial charge in [-0.05, 0) is 36.8 Å². The van der Waals surface area contributed by atoms with Crippen molar-refractivity contribution in [3.63, 3.8) is 0 Å². The van der Waals surface area contributed by atoms with Crippen molar-refractivity contribution in [2.75, 3.05) is 0 Å². The van der Waals surface area contributed by atoms with Gasteiger partial charge in [-0.2, -0.15) is 13.2 Å². The largest absolute Gasteiger partial charge is 0.417 e. The predicted molar refractivity (Wildman–Crippen MR) is 73.7 cm³/mol. The highest BCUT2D eigenvalue weighted by Gasteiger charge is 2.35. The second-order valence-electron chi connectivity index (χ2n) is 4.79. The molecule has 2 aromatic rings. The second kappa shape index (κ2) is 6.17. The van der Waals surface area contributed by atoms with Crippen LogP contribution >= 0.6 is 0 Å². The molecule has 0 aliphatic rings. The molecule has 6 heteroatoms. The summed E-state index contributed by atoms with van der Waals surface area (Å²) < 4.78 is 51.5. The van der Waals surface area contributed by atoms with E-state index in [0.717, 1.165) is 12.1 Å². The highest BCUT2D eigenvalue weighted by molar-refractivity contribution is 5.96. The maximum Gasteiger partial charge on any atom is 0.417 e. The van der Waals surface area contributed by atoms with E-state index < -0.39 is 35.1 Å². The second-order valence-corrected chi connectivity index (χ2v) is 4.79. The molecule has 0 aliphatic carbocycles. The van der Waals surface area contributed by atoms with Crippen LogP contribution in [-0.4, -0.2) is 5.91 Å². The van der Waals surface area contributed by atoms with Crippen LogP contribution in [0, 0.1) is 5.82 Å². The van der Waals surface area contributed by atoms with Crippen molar-refractivity contribution < 1.29 is 22.4 Å². The van der Waals surface area contributed by atoms with E-state index in [1.807, 2.05) is 0 Å². The van der Waals surface area contributed by atoms with Crippen LogP contribution in [-0.2, 0) is 6.18 Å². The maximum atomic E-state index is 12.9. The van der Waals surface area contributed by atoms with Gasteiger partial charge in [-0.25, -0.2) is 4.39 Å². The van der Waals surface area contributed by atoms with Gasteiger partial charge in [0.25, 0.3) is 5.91 Å². The van der Waals surface area contributed by atoms with Crippen LogP contribution in [0.15, 0.2) is 48.5 Å². The topological polar surface area (TPSA) is 29.1 Å². The van der Waals surface area contributed by atoms with E-state index in [4.69, 9.17) is 0 Å². The molecule has 1 amide bonds. The summed E-state index contributed by atoms with van der Waals surface area (Å²) >= 11 is 0. The van der Waals surface area contributed by atoms with Crippen LogP contribution in [0.4, 0.5) is 17.6 Å². The summed E-state index contributed by atoms with van der Waals surface area (Å²) in [5.74, 6) is -1.26. The Morgan fingerprint density at radius 2 is 1.64 bits per heavy atom. The van der Waals surface area contributed by atoms with Crippen LogP contribution in [0.3, 0.4) is 0 Å². The molecule has 0 heterocycles. The number of alkyl halides is 3. The third-order valence-corrected chi connectivity index (χ3v) is 3.19. The Labute approximate surface area is 124 Å². The molecule has 0 aromatic heterocycles. The predicted octanol–water partition coefficient (Wildman–Crippen LogP) is 4.34. The SMILES string of the molecule is C[C@@H](NC(=O)c1ccccc1C(F)(F)F)c1ccc(F)cc1. The van der Waals surface area contributed by atoms with Crippen LogP contribution < -0.4 is 5.32 Å². The van der Waals surface area contributed by atoms with Gasteiger partial charge in [0.1, 0.15) is 5.82 Å². The first-order valence-corrected chi connectivity index (χ1v) is 6.51. The molecule has 2 rings (SSSR count). The fourth-order valence-corrected chi connectivity index (χ4v) is 2.04. The highest BCUT2D eigenvalue weighted by atomic mass is 19.4. The zero-order chi connectivity index (χ0) is 16.3. The molecule has 116 valence electrons. The lowest BCUT2D eigenvalue weighted by molar-refractivity contribution is -0.137. The number of carbonyl (C=O) groups excluding carboxylic acids is 1. The lowest BCUT2D eigenvalue weighted by Crippen LogP contribution is -2.28. The Morgan fingerprint density at radius 3 is 2.23 bits per heavy atom. The minimum Gasteiger partial charge on any atom is -0.346 e. The van der Waals surface area contributed by atoms with Gasteiger partial charge in [0.15, 0.2) is 0 Å². The first kappa shape index (κ1) is 16.0. The Balaban J connectivity index is 2.21. The smallest absolute Gasteiger partial charge is 0.346 e. The normalized spacial score (nSPS) is 12.8. The molecule has 0 spiro atoms. The summed E-state index contributed by atoms with van der Waals surface area (Å²) in [5.41, 5.74) is -0.831. The molecular weight excluding hydrogens is 298 g/mol. The van der Waals surface area contributed by atoms with Crippen molar-refractivity contribution >= 4 is 5.91 Å². The van der Waals surface area contributed by atoms with Crippen molar-refractivity contribution in [3.05, 3.63) is 71.0 Å². The maximum absolute atomic E-state index is 12.9. The van der Waals surface area contributed by atoms with Crippen LogP contribution in [0.25, 0.3) is 0 Å². The van der Waals surface area contributed by atoms with Gasteiger partial charge in [0.2, 0.25) is 0 Å². The number of rotatable bonds is 3. The summed E-state index contributed by atoms with van der Waals surface area (Å²) in [7, 11) is 0. The van der Waals surface area contributed by atoms with Crippen LogP contribution in [0.1, 0.15) is 34.5 Å². The molecule has 0 saturated heterocycles. The number of nitrogens with one attached hydrogen (secondary N) is 1. The molecule has 1 atom stereocenters. The average molecular weight is 311 g/mol. The van der Waals surface area contributed by atoms with Gasteiger partial charge in [0, 0.05) is 0 Å². The Hall–Kier alpha value is -2.37. The van der Waals surface area contributed by atoms with E-state index in [-0.39, 0.29) is 0 Å². The van der Waals surface area contributed by atoms with Gasteiger partial charge in [-0.1, -0.05) is 24.3 Å². The van der Waals surface area contributed by atoms with E-state index in [0.29, 0.717) is 5.56 Å². The van der Waals surface area contributed by atoms with Crippen molar-refractivity contribution in [2.45, 2.75) is 19.1 Å². The van der Waals surface area contributed by atoms with E-state index >= 15 is 0 Å². The number of hydrogen-bond acceptors (Lipinski definition) is 1. The van der Waals surface area contributed by atoms with E-state index in [1.54, 1.807) is 6.92 Å². The number of halogens is 4. The molecule has 2 nitrogen and oxygen atoms in total. The average Bonchev–Trinajstić information content (AvgIpc) is 2.47. The summed E-state index contributed by atoms with van der Waals surface area (Å²) in [6, 6.07) is 9.41. The molecular formula is C16H13F4NO. The number of amides is 1. The standard InChI is InChI=1S/C16H13F4NO/c1-10(11-6-8-12(17)9-7-11)21-15(22)13-4-2-3-5-14(13)16(18,19)20/h2-10H,1H3,(H,21,22)/t10-/m1/s1. The van der Waals surface area contributed by atoms with E-state index in [9.17, 15) is 22.4 Å². The fraction of sp³-hybridized carbons (Fsp3) is 0.188. The molecule has 0 fully saturated rings. The first-order valence-electron chi connectivity index (χ1n) is 6.51. The number of carbonyl (C=O) groups is 1. The molecule has 0 bridgehead atoms. The van der Waals surface area contributed by atoms with Crippen molar-refractivity contribution in [1.82, 2.24) is 5.32 Å². The van der Waals surface area contributed by atoms with Crippen molar-refractivity contribution in [2.24, 2.45) is 0 Å². The molecule has 2 aromatic carbocycles. The van der Waals surface area contributed by atoms with Crippen LogP contribution in [0.5, 0.6) is 0 Å². The lowest BCUT2D eigenvalue weighted by atomic mass is 10.0. The highest BCUT2D eigenvalue weighted by Crippen LogP contribution is 2.32. The van der Waals surface area contributed by atoms with Gasteiger partial charge in [0.05, 0.1) is 17.2 Å². The minimum atomic E-state index is -4.60. The summed E-state index contributed by atoms with van der Waals surface area (Å²) in [5, 5.41) is 2.48. The number of hydrogen-bond donors (Lipinski definition) is 1. The van der Waals surface area contributed by atoms with E-state index in [2.05, 4.69) is 5.32 Å². The van der Waals surface area contributed by atoms with Gasteiger partial charge in [-0.15, -0.1) is 0 Å². The monoisotopic (exact) mass is 311 g/mol. The zero-order valence-electron chi connectivity index (χ0n) is 11.6. The fourth-order valence-electron chi connectivity index (χ4n) is 2.04. The summed E-state index contributed by atoms with van der Waals surface area (Å²) in [4.78, 5) is 12.1. The Morgan fingerprint density at radius 1 is 1.05 bits per heavy atom. The summed E-state index contributed by atoms with van der Waals surface area (Å²) in [6.07, 6.45) is -4.60. The zero-order valence-corrected chi connectivity index (χ0v) is 11.6. The van der Waals surface area contributed by atoms with Crippen LogP contribution in [0.2, 0.25) is 0 Å². The van der Waals surface area contributed by atoms with E-state index in [1.165, 1.54) is 36.4 Å². The molecule has 0 radical (unpaired) electrons. The van der Waals surface area contributed by atoms with Crippen molar-refractivity contribution in [1.29, 1.82) is 0 Å². The van der Waals surface area contributed by atoms with Crippen molar-refractivity contribution in [3.8, 4) is 0 Å². The molecule has 22 heavy (non-hydrogen) atoms. The molecule has 1 N–H and O–H groups in total. The minimum absolute atomic E-state index is 0.426. The Bertz CT molecular complexity index is 665. The third-order valence-electron chi connectivity index (χ3n) is 3.19. The van der Waals surface area contributed by atoms with Gasteiger partial charge in [-0.3, -0.25) is 4.79 Å². The van der Waals surface area contributed by atoms with Gasteiger partial charge < -0.3 is 5.32 Å². The number of benzene rings is 2.